The second-order valence-corrected chi connectivity index (χ2v) is 6.35. The predicted molar refractivity (Wildman–Crippen MR) is 88.4 cm³/mol. The molecule has 0 radical (unpaired) electrons. The number of benzene rings is 1. The number of methoxy groups -OCH3 is 1. The number of hydrogen-bond acceptors (Lipinski definition) is 3. The van der Waals surface area contributed by atoms with E-state index >= 15 is 0 Å². The van der Waals surface area contributed by atoms with Crippen molar-refractivity contribution in [3.63, 3.8) is 0 Å². The fourth-order valence-corrected chi connectivity index (χ4v) is 3.52. The first kappa shape index (κ1) is 16.5. The minimum absolute atomic E-state index is 0.433. The summed E-state index contributed by atoms with van der Waals surface area (Å²) >= 11 is 0. The average molecular weight is 290 g/mol. The van der Waals surface area contributed by atoms with E-state index in [9.17, 15) is 0 Å². The van der Waals surface area contributed by atoms with E-state index in [0.717, 1.165) is 12.5 Å². The highest BCUT2D eigenvalue weighted by molar-refractivity contribution is 5.19. The lowest BCUT2D eigenvalue weighted by Crippen LogP contribution is -2.40. The first-order valence-electron chi connectivity index (χ1n) is 8.18. The predicted octanol–water partition coefficient (Wildman–Crippen LogP) is 2.94. The second kappa shape index (κ2) is 8.52. The molecule has 1 aliphatic heterocycles. The van der Waals surface area contributed by atoms with Crippen LogP contribution in [-0.4, -0.2) is 45.3 Å². The van der Waals surface area contributed by atoms with Crippen molar-refractivity contribution >= 4 is 0 Å². The van der Waals surface area contributed by atoms with Gasteiger partial charge in [0.05, 0.1) is 0 Å². The molecular weight excluding hydrogens is 260 g/mol. The maximum absolute atomic E-state index is 5.28. The zero-order chi connectivity index (χ0) is 15.1. The van der Waals surface area contributed by atoms with E-state index in [0.29, 0.717) is 12.0 Å². The molecule has 0 aliphatic carbocycles. The van der Waals surface area contributed by atoms with Crippen molar-refractivity contribution in [2.45, 2.75) is 25.8 Å². The lowest BCUT2D eigenvalue weighted by Gasteiger charge is -2.35. The van der Waals surface area contributed by atoms with Gasteiger partial charge in [-0.3, -0.25) is 0 Å². The highest BCUT2D eigenvalue weighted by Gasteiger charge is 2.24. The lowest BCUT2D eigenvalue weighted by atomic mass is 9.92. The quantitative estimate of drug-likeness (QED) is 0.835. The molecule has 1 heterocycles. The van der Waals surface area contributed by atoms with Gasteiger partial charge in [0.1, 0.15) is 0 Å². The van der Waals surface area contributed by atoms with Crippen LogP contribution in [0.5, 0.6) is 0 Å². The maximum atomic E-state index is 5.28. The van der Waals surface area contributed by atoms with Gasteiger partial charge in [-0.1, -0.05) is 37.3 Å². The van der Waals surface area contributed by atoms with Gasteiger partial charge in [0.25, 0.3) is 0 Å². The van der Waals surface area contributed by atoms with Gasteiger partial charge in [0, 0.05) is 26.3 Å². The molecule has 1 fully saturated rings. The largest absolute Gasteiger partial charge is 0.384 e. The van der Waals surface area contributed by atoms with Gasteiger partial charge in [-0.05, 0) is 50.4 Å². The number of likely N-dealkylation sites (tertiary alicyclic amines) is 1. The molecule has 2 atom stereocenters. The molecule has 1 N–H and O–H groups in total. The molecule has 2 unspecified atom stereocenters. The molecule has 0 saturated carbocycles. The Kier molecular flexibility index (Phi) is 6.68. The monoisotopic (exact) mass is 290 g/mol. The summed E-state index contributed by atoms with van der Waals surface area (Å²) in [4.78, 5) is 2.62. The molecule has 3 nitrogen and oxygen atoms in total. The number of rotatable bonds is 7. The van der Waals surface area contributed by atoms with Crippen LogP contribution in [0.1, 0.15) is 31.4 Å². The maximum Gasteiger partial charge on any atom is 0.0491 e. The van der Waals surface area contributed by atoms with Gasteiger partial charge in [0.15, 0.2) is 0 Å². The van der Waals surface area contributed by atoms with E-state index in [1.54, 1.807) is 0 Å². The minimum Gasteiger partial charge on any atom is -0.384 e. The van der Waals surface area contributed by atoms with E-state index in [1.807, 2.05) is 7.11 Å². The second-order valence-electron chi connectivity index (χ2n) is 6.35. The summed E-state index contributed by atoms with van der Waals surface area (Å²) in [5.41, 5.74) is 1.39. The van der Waals surface area contributed by atoms with Crippen LogP contribution in [0.2, 0.25) is 0 Å². The summed E-state index contributed by atoms with van der Waals surface area (Å²) < 4.78 is 5.28. The van der Waals surface area contributed by atoms with Crippen LogP contribution in [0.4, 0.5) is 0 Å². The Bertz CT molecular complexity index is 387. The van der Waals surface area contributed by atoms with Crippen molar-refractivity contribution in [2.24, 2.45) is 11.8 Å². The summed E-state index contributed by atoms with van der Waals surface area (Å²) in [5, 5.41) is 3.49. The smallest absolute Gasteiger partial charge is 0.0491 e. The van der Waals surface area contributed by atoms with Gasteiger partial charge < -0.3 is 15.0 Å². The average Bonchev–Trinajstić information content (AvgIpc) is 2.51. The third kappa shape index (κ3) is 4.80. The highest BCUT2D eigenvalue weighted by Crippen LogP contribution is 2.24. The summed E-state index contributed by atoms with van der Waals surface area (Å²) in [6.07, 6.45) is 2.55. The van der Waals surface area contributed by atoms with Gasteiger partial charge in [-0.25, -0.2) is 0 Å². The Morgan fingerprint density at radius 3 is 2.48 bits per heavy atom. The summed E-state index contributed by atoms with van der Waals surface area (Å²) in [6.45, 7) is 6.87. The highest BCUT2D eigenvalue weighted by atomic mass is 16.5. The number of hydrogen-bond donors (Lipinski definition) is 1. The topological polar surface area (TPSA) is 24.5 Å². The zero-order valence-corrected chi connectivity index (χ0v) is 13.7. The molecule has 2 rings (SSSR count). The molecular formula is C18H30N2O. The lowest BCUT2D eigenvalue weighted by molar-refractivity contribution is 0.0906. The number of piperidine rings is 1. The minimum atomic E-state index is 0.433. The molecule has 1 aromatic carbocycles. The van der Waals surface area contributed by atoms with Gasteiger partial charge in [-0.2, -0.15) is 0 Å². The van der Waals surface area contributed by atoms with Crippen LogP contribution in [0.25, 0.3) is 0 Å². The van der Waals surface area contributed by atoms with E-state index in [4.69, 9.17) is 4.74 Å². The SMILES string of the molecule is CNC(c1ccccc1)C(C)CN1CCC(COC)CC1. The Balaban J connectivity index is 1.85. The summed E-state index contributed by atoms with van der Waals surface area (Å²) in [6, 6.07) is 11.2. The van der Waals surface area contributed by atoms with Crippen LogP contribution in [-0.2, 0) is 4.74 Å². The third-order valence-corrected chi connectivity index (χ3v) is 4.69. The van der Waals surface area contributed by atoms with Gasteiger partial charge in [-0.15, -0.1) is 0 Å². The zero-order valence-electron chi connectivity index (χ0n) is 13.7. The van der Waals surface area contributed by atoms with Crippen molar-refractivity contribution in [3.05, 3.63) is 35.9 Å². The van der Waals surface area contributed by atoms with Gasteiger partial charge >= 0.3 is 0 Å². The van der Waals surface area contributed by atoms with Crippen LogP contribution in [0.15, 0.2) is 30.3 Å². The molecule has 118 valence electrons. The molecule has 1 saturated heterocycles. The molecule has 1 aromatic rings. The standard InChI is InChI=1S/C18H30N2O/c1-15(18(19-2)17-7-5-4-6-8-17)13-20-11-9-16(10-12-20)14-21-3/h4-8,15-16,18-19H,9-14H2,1-3H3. The van der Waals surface area contributed by atoms with Crippen LogP contribution in [0, 0.1) is 11.8 Å². The molecule has 0 amide bonds. The normalized spacial score (nSPS) is 20.3. The van der Waals surface area contributed by atoms with Crippen molar-refractivity contribution in [1.29, 1.82) is 0 Å². The van der Waals surface area contributed by atoms with Crippen molar-refractivity contribution < 1.29 is 4.74 Å². The van der Waals surface area contributed by atoms with E-state index in [-0.39, 0.29) is 0 Å². The molecule has 0 spiro atoms. The van der Waals surface area contributed by atoms with E-state index in [2.05, 4.69) is 54.5 Å². The van der Waals surface area contributed by atoms with E-state index in [1.165, 1.54) is 38.0 Å². The molecule has 0 bridgehead atoms. The Morgan fingerprint density at radius 1 is 1.24 bits per heavy atom. The van der Waals surface area contributed by atoms with Crippen molar-refractivity contribution in [1.82, 2.24) is 10.2 Å². The Labute approximate surface area is 129 Å². The fraction of sp³-hybridized carbons (Fsp3) is 0.667. The third-order valence-electron chi connectivity index (χ3n) is 4.69. The fourth-order valence-electron chi connectivity index (χ4n) is 3.52. The Hall–Kier alpha value is -0.900. The van der Waals surface area contributed by atoms with Crippen LogP contribution < -0.4 is 5.32 Å². The molecule has 3 heteroatoms. The van der Waals surface area contributed by atoms with Crippen LogP contribution in [0.3, 0.4) is 0 Å². The summed E-state index contributed by atoms with van der Waals surface area (Å²) in [5.74, 6) is 1.37. The molecule has 21 heavy (non-hydrogen) atoms. The first-order chi connectivity index (χ1) is 10.2. The number of ether oxygens (including phenoxy) is 1. The molecule has 0 aromatic heterocycles. The first-order valence-corrected chi connectivity index (χ1v) is 8.18. The van der Waals surface area contributed by atoms with Gasteiger partial charge in [0.2, 0.25) is 0 Å². The number of nitrogens with one attached hydrogen (secondary N) is 1. The molecule has 1 aliphatic rings. The van der Waals surface area contributed by atoms with E-state index < -0.39 is 0 Å². The van der Waals surface area contributed by atoms with Crippen LogP contribution >= 0.6 is 0 Å². The summed E-state index contributed by atoms with van der Waals surface area (Å²) in [7, 11) is 3.88. The van der Waals surface area contributed by atoms with Crippen molar-refractivity contribution in [3.8, 4) is 0 Å². The Morgan fingerprint density at radius 2 is 1.90 bits per heavy atom. The van der Waals surface area contributed by atoms with Crippen molar-refractivity contribution in [2.75, 3.05) is 40.4 Å². The number of nitrogens with zero attached hydrogens (tertiary/aromatic N) is 1.